The molecular weight excluding hydrogens is 234 g/mol. The van der Waals surface area contributed by atoms with Gasteiger partial charge in [-0.2, -0.15) is 0 Å². The highest BCUT2D eigenvalue weighted by molar-refractivity contribution is 5.82. The minimum atomic E-state index is 0.563. The molecule has 0 saturated carbocycles. The Bertz CT molecular complexity index is 692. The molecule has 1 aromatic heterocycles. The van der Waals surface area contributed by atoms with Crippen molar-refractivity contribution in [2.75, 3.05) is 0 Å². The average Bonchev–Trinajstić information content (AvgIpc) is 2.45. The van der Waals surface area contributed by atoms with Crippen LogP contribution in [0.5, 0.6) is 5.75 Å². The van der Waals surface area contributed by atoms with Gasteiger partial charge in [-0.3, -0.25) is 4.98 Å². The molecule has 0 bridgehead atoms. The third kappa shape index (κ3) is 2.58. The minimum absolute atomic E-state index is 0.563. The molecule has 3 rings (SSSR count). The molecule has 0 radical (unpaired) electrons. The van der Waals surface area contributed by atoms with Crippen LogP contribution in [0.1, 0.15) is 11.3 Å². The zero-order valence-corrected chi connectivity index (χ0v) is 10.8. The normalized spacial score (nSPS) is 10.6. The van der Waals surface area contributed by atoms with Crippen molar-refractivity contribution >= 4 is 10.9 Å². The zero-order chi connectivity index (χ0) is 13.1. The van der Waals surface area contributed by atoms with E-state index in [1.165, 1.54) is 5.56 Å². The highest BCUT2D eigenvalue weighted by Gasteiger charge is 2.04. The van der Waals surface area contributed by atoms with E-state index in [1.807, 2.05) is 55.5 Å². The largest absolute Gasteiger partial charge is 0.489 e. The summed E-state index contributed by atoms with van der Waals surface area (Å²) in [5.41, 5.74) is 3.21. The Labute approximate surface area is 112 Å². The van der Waals surface area contributed by atoms with Crippen LogP contribution in [-0.2, 0) is 6.61 Å². The van der Waals surface area contributed by atoms with Crippen LogP contribution in [0.4, 0.5) is 0 Å². The van der Waals surface area contributed by atoms with Gasteiger partial charge in [-0.1, -0.05) is 36.4 Å². The van der Waals surface area contributed by atoms with Crippen molar-refractivity contribution in [1.82, 2.24) is 4.98 Å². The Kier molecular flexibility index (Phi) is 3.15. The molecule has 0 N–H and O–H groups in total. The molecular formula is C17H15NO. The van der Waals surface area contributed by atoms with Crippen LogP contribution in [0.2, 0.25) is 0 Å². The molecule has 94 valence electrons. The molecule has 0 atom stereocenters. The number of aryl methyl sites for hydroxylation is 1. The monoisotopic (exact) mass is 249 g/mol. The third-order valence-corrected chi connectivity index (χ3v) is 3.07. The molecule has 0 aliphatic carbocycles. The van der Waals surface area contributed by atoms with E-state index < -0.39 is 0 Å². The summed E-state index contributed by atoms with van der Waals surface area (Å²) in [4.78, 5) is 4.54. The Morgan fingerprint density at radius 1 is 0.947 bits per heavy atom. The first-order chi connectivity index (χ1) is 9.33. The number of ether oxygens (including phenoxy) is 1. The average molecular weight is 249 g/mol. The van der Waals surface area contributed by atoms with Gasteiger partial charge in [-0.05, 0) is 31.2 Å². The summed E-state index contributed by atoms with van der Waals surface area (Å²) in [7, 11) is 0. The maximum atomic E-state index is 5.83. The fourth-order valence-electron chi connectivity index (χ4n) is 2.19. The molecule has 0 saturated heterocycles. The molecule has 0 unspecified atom stereocenters. The van der Waals surface area contributed by atoms with Crippen molar-refractivity contribution in [3.05, 3.63) is 71.9 Å². The Balaban J connectivity index is 1.92. The van der Waals surface area contributed by atoms with Crippen LogP contribution < -0.4 is 4.74 Å². The predicted molar refractivity (Wildman–Crippen MR) is 77.3 cm³/mol. The topological polar surface area (TPSA) is 22.1 Å². The van der Waals surface area contributed by atoms with Crippen LogP contribution in [0.25, 0.3) is 10.9 Å². The van der Waals surface area contributed by atoms with E-state index >= 15 is 0 Å². The summed E-state index contributed by atoms with van der Waals surface area (Å²) in [5.74, 6) is 0.890. The maximum absolute atomic E-state index is 5.83. The van der Waals surface area contributed by atoms with Gasteiger partial charge in [0, 0.05) is 16.6 Å². The summed E-state index contributed by atoms with van der Waals surface area (Å²) in [6, 6.07) is 20.1. The molecule has 0 amide bonds. The van der Waals surface area contributed by atoms with Gasteiger partial charge in [0.25, 0.3) is 0 Å². The van der Waals surface area contributed by atoms with Crippen LogP contribution in [-0.4, -0.2) is 4.98 Å². The smallest absolute Gasteiger partial charge is 0.119 e. The van der Waals surface area contributed by atoms with Gasteiger partial charge in [0.15, 0.2) is 0 Å². The fraction of sp³-hybridized carbons (Fsp3) is 0.118. The second-order valence-corrected chi connectivity index (χ2v) is 4.54. The lowest BCUT2D eigenvalue weighted by atomic mass is 10.1. The van der Waals surface area contributed by atoms with Crippen molar-refractivity contribution in [3.63, 3.8) is 0 Å². The molecule has 0 fully saturated rings. The molecule has 2 heteroatoms. The van der Waals surface area contributed by atoms with Gasteiger partial charge < -0.3 is 4.74 Å². The first kappa shape index (κ1) is 11.7. The van der Waals surface area contributed by atoms with Gasteiger partial charge in [0.2, 0.25) is 0 Å². The van der Waals surface area contributed by atoms with Crippen molar-refractivity contribution in [1.29, 1.82) is 0 Å². The number of para-hydroxylation sites is 2. The van der Waals surface area contributed by atoms with E-state index in [0.29, 0.717) is 6.61 Å². The number of hydrogen-bond donors (Lipinski definition) is 0. The van der Waals surface area contributed by atoms with Crippen LogP contribution in [0.3, 0.4) is 0 Å². The number of nitrogens with zero attached hydrogens (tertiary/aromatic N) is 1. The van der Waals surface area contributed by atoms with Gasteiger partial charge in [0.1, 0.15) is 12.4 Å². The minimum Gasteiger partial charge on any atom is -0.489 e. The molecule has 0 aliphatic rings. The lowest BCUT2D eigenvalue weighted by Gasteiger charge is -2.09. The van der Waals surface area contributed by atoms with Crippen molar-refractivity contribution in [3.8, 4) is 5.75 Å². The van der Waals surface area contributed by atoms with Crippen LogP contribution >= 0.6 is 0 Å². The number of pyridine rings is 1. The molecule has 19 heavy (non-hydrogen) atoms. The highest BCUT2D eigenvalue weighted by Crippen LogP contribution is 2.20. The number of hydrogen-bond acceptors (Lipinski definition) is 2. The second kappa shape index (κ2) is 5.11. The van der Waals surface area contributed by atoms with Gasteiger partial charge in [0.05, 0.1) is 5.52 Å². The molecule has 3 aromatic rings. The van der Waals surface area contributed by atoms with Crippen molar-refractivity contribution < 1.29 is 4.74 Å². The third-order valence-electron chi connectivity index (χ3n) is 3.07. The molecule has 0 aliphatic heterocycles. The Morgan fingerprint density at radius 3 is 2.53 bits per heavy atom. The molecule has 1 heterocycles. The van der Waals surface area contributed by atoms with Gasteiger partial charge in [-0.25, -0.2) is 0 Å². The van der Waals surface area contributed by atoms with Gasteiger partial charge >= 0.3 is 0 Å². The summed E-state index contributed by atoms with van der Waals surface area (Å²) in [6.45, 7) is 2.58. The van der Waals surface area contributed by atoms with Crippen LogP contribution in [0, 0.1) is 6.92 Å². The standard InChI is InChI=1S/C17H15NO/c1-13-11-14(12-19-15-7-3-2-4-8-15)16-9-5-6-10-17(16)18-13/h2-11H,12H2,1H3. The fourth-order valence-corrected chi connectivity index (χ4v) is 2.19. The van der Waals surface area contributed by atoms with E-state index in [1.54, 1.807) is 0 Å². The Morgan fingerprint density at radius 2 is 1.68 bits per heavy atom. The van der Waals surface area contributed by atoms with E-state index in [0.717, 1.165) is 22.3 Å². The van der Waals surface area contributed by atoms with Crippen molar-refractivity contribution in [2.45, 2.75) is 13.5 Å². The number of aromatic nitrogens is 1. The van der Waals surface area contributed by atoms with E-state index in [2.05, 4.69) is 17.1 Å². The second-order valence-electron chi connectivity index (χ2n) is 4.54. The maximum Gasteiger partial charge on any atom is 0.119 e. The predicted octanol–water partition coefficient (Wildman–Crippen LogP) is 4.12. The van der Waals surface area contributed by atoms with Gasteiger partial charge in [-0.15, -0.1) is 0 Å². The first-order valence-corrected chi connectivity index (χ1v) is 6.36. The Hall–Kier alpha value is -2.35. The quantitative estimate of drug-likeness (QED) is 0.696. The SMILES string of the molecule is Cc1cc(COc2ccccc2)c2ccccc2n1. The summed E-state index contributed by atoms with van der Waals surface area (Å²) < 4.78 is 5.83. The molecule has 0 spiro atoms. The first-order valence-electron chi connectivity index (χ1n) is 6.36. The lowest BCUT2D eigenvalue weighted by Crippen LogP contribution is -1.98. The van der Waals surface area contributed by atoms with E-state index in [4.69, 9.17) is 4.74 Å². The number of rotatable bonds is 3. The number of fused-ring (bicyclic) bond motifs is 1. The highest BCUT2D eigenvalue weighted by atomic mass is 16.5. The summed E-state index contributed by atoms with van der Waals surface area (Å²) >= 11 is 0. The van der Waals surface area contributed by atoms with Crippen molar-refractivity contribution in [2.24, 2.45) is 0 Å². The van der Waals surface area contributed by atoms with E-state index in [-0.39, 0.29) is 0 Å². The molecule has 2 nitrogen and oxygen atoms in total. The summed E-state index contributed by atoms with van der Waals surface area (Å²) in [6.07, 6.45) is 0. The summed E-state index contributed by atoms with van der Waals surface area (Å²) in [5, 5.41) is 1.16. The molecule has 2 aromatic carbocycles. The van der Waals surface area contributed by atoms with Crippen LogP contribution in [0.15, 0.2) is 60.7 Å². The zero-order valence-electron chi connectivity index (χ0n) is 10.8. The lowest BCUT2D eigenvalue weighted by molar-refractivity contribution is 0.307. The number of benzene rings is 2. The van der Waals surface area contributed by atoms with E-state index in [9.17, 15) is 0 Å².